The molecule has 4 aromatic rings. The molecule has 0 N–H and O–H groups in total. The highest BCUT2D eigenvalue weighted by atomic mass is 32.1. The van der Waals surface area contributed by atoms with Gasteiger partial charge in [-0.25, -0.2) is 4.98 Å². The average molecular weight is 490 g/mol. The fourth-order valence-electron chi connectivity index (χ4n) is 3.65. The number of rotatable bonds is 7. The van der Waals surface area contributed by atoms with Crippen molar-refractivity contribution in [3.63, 3.8) is 0 Å². The van der Waals surface area contributed by atoms with Gasteiger partial charge in [-0.2, -0.15) is 0 Å². The van der Waals surface area contributed by atoms with Crippen LogP contribution in [0.3, 0.4) is 0 Å². The minimum atomic E-state index is -0.0941. The first kappa shape index (κ1) is 24.5. The highest BCUT2D eigenvalue weighted by Gasteiger charge is 2.17. The van der Waals surface area contributed by atoms with Gasteiger partial charge in [-0.15, -0.1) is 11.3 Å². The Hall–Kier alpha value is -3.58. The Kier molecular flexibility index (Phi) is 6.98. The number of methoxy groups -OCH3 is 1. The van der Waals surface area contributed by atoms with E-state index in [4.69, 9.17) is 14.5 Å². The van der Waals surface area contributed by atoms with Crippen LogP contribution >= 0.6 is 11.3 Å². The summed E-state index contributed by atoms with van der Waals surface area (Å²) < 4.78 is 13.3. The van der Waals surface area contributed by atoms with E-state index >= 15 is 0 Å². The van der Waals surface area contributed by atoms with E-state index in [0.29, 0.717) is 34.3 Å². The van der Waals surface area contributed by atoms with Gasteiger partial charge in [0.25, 0.3) is 5.56 Å². The number of aromatic nitrogens is 2. The Morgan fingerprint density at radius 2 is 1.83 bits per heavy atom. The molecule has 0 amide bonds. The van der Waals surface area contributed by atoms with Crippen molar-refractivity contribution in [3.8, 4) is 22.6 Å². The quantitative estimate of drug-likeness (QED) is 0.314. The lowest BCUT2D eigenvalue weighted by molar-refractivity contribution is 0.191. The Balaban J connectivity index is 1.82. The van der Waals surface area contributed by atoms with Crippen LogP contribution in [0.1, 0.15) is 32.0 Å². The van der Waals surface area contributed by atoms with Gasteiger partial charge in [0.1, 0.15) is 0 Å². The largest absolute Gasteiger partial charge is 0.493 e. The maximum Gasteiger partial charge on any atom is 0.266 e. The third-order valence-corrected chi connectivity index (χ3v) is 6.22. The second kappa shape index (κ2) is 9.96. The number of anilines is 1. The Labute approximate surface area is 210 Å². The predicted octanol–water partition coefficient (Wildman–Crippen LogP) is 6.09. The van der Waals surface area contributed by atoms with Crippen molar-refractivity contribution in [2.75, 3.05) is 32.7 Å². The molecule has 0 atom stereocenters. The van der Waals surface area contributed by atoms with E-state index in [-0.39, 0.29) is 11.0 Å². The molecule has 2 aromatic heterocycles. The molecule has 0 saturated carbocycles. The first-order chi connectivity index (χ1) is 16.7. The van der Waals surface area contributed by atoms with Gasteiger partial charge in [-0.3, -0.25) is 9.20 Å². The Bertz CT molecular complexity index is 1410. The SMILES string of the molecule is COc1cccc(/C=C/c2nc3sccn3c(=O)c2-c2ccc(N(C)C)cc2)c1OCC(C)(C)C. The first-order valence-corrected chi connectivity index (χ1v) is 12.3. The molecule has 0 fully saturated rings. The van der Waals surface area contributed by atoms with E-state index in [1.165, 1.54) is 11.3 Å². The van der Waals surface area contributed by atoms with Crippen molar-refractivity contribution >= 4 is 34.1 Å². The van der Waals surface area contributed by atoms with Crippen LogP contribution in [0.4, 0.5) is 5.69 Å². The van der Waals surface area contributed by atoms with Gasteiger partial charge in [0, 0.05) is 36.9 Å². The van der Waals surface area contributed by atoms with Gasteiger partial charge < -0.3 is 14.4 Å². The standard InChI is InChI=1S/C28H31N3O3S/c1-28(2,3)18-34-25-20(8-7-9-23(25)33-6)12-15-22-24(19-10-13-21(14-11-19)30(4)5)26(32)31-16-17-35-27(31)29-22/h7-17H,18H2,1-6H3/b15-12+. The summed E-state index contributed by atoms with van der Waals surface area (Å²) in [6, 6.07) is 13.7. The van der Waals surface area contributed by atoms with Crippen LogP contribution in [0.5, 0.6) is 11.5 Å². The van der Waals surface area contributed by atoms with E-state index in [9.17, 15) is 4.79 Å². The van der Waals surface area contributed by atoms with Gasteiger partial charge in [-0.1, -0.05) is 45.0 Å². The van der Waals surface area contributed by atoms with Crippen molar-refractivity contribution in [3.05, 3.63) is 75.7 Å². The minimum Gasteiger partial charge on any atom is -0.493 e. The van der Waals surface area contributed by atoms with E-state index in [1.54, 1.807) is 17.7 Å². The Morgan fingerprint density at radius 3 is 2.49 bits per heavy atom. The molecule has 4 rings (SSSR count). The minimum absolute atomic E-state index is 0.00578. The topological polar surface area (TPSA) is 56.1 Å². The number of benzene rings is 2. The molecule has 6 nitrogen and oxygen atoms in total. The van der Waals surface area contributed by atoms with Crippen LogP contribution < -0.4 is 19.9 Å². The van der Waals surface area contributed by atoms with Crippen LogP contribution in [0.15, 0.2) is 58.8 Å². The zero-order chi connectivity index (χ0) is 25.2. The summed E-state index contributed by atoms with van der Waals surface area (Å²) in [6.45, 7) is 6.91. The van der Waals surface area contributed by atoms with Crippen LogP contribution in [-0.2, 0) is 0 Å². The van der Waals surface area contributed by atoms with E-state index in [2.05, 4.69) is 20.8 Å². The first-order valence-electron chi connectivity index (χ1n) is 11.4. The normalized spacial score (nSPS) is 11.8. The zero-order valence-corrected chi connectivity index (χ0v) is 21.8. The van der Waals surface area contributed by atoms with Crippen LogP contribution in [0.2, 0.25) is 0 Å². The third kappa shape index (κ3) is 5.41. The number of nitrogens with zero attached hydrogens (tertiary/aromatic N) is 3. The maximum absolute atomic E-state index is 13.5. The van der Waals surface area contributed by atoms with Crippen molar-refractivity contribution in [1.82, 2.24) is 9.38 Å². The molecule has 2 heterocycles. The van der Waals surface area contributed by atoms with Crippen molar-refractivity contribution in [1.29, 1.82) is 0 Å². The van der Waals surface area contributed by atoms with E-state index in [0.717, 1.165) is 16.8 Å². The van der Waals surface area contributed by atoms with Crippen LogP contribution in [-0.4, -0.2) is 37.2 Å². The highest BCUT2D eigenvalue weighted by Crippen LogP contribution is 2.34. The highest BCUT2D eigenvalue weighted by molar-refractivity contribution is 7.15. The van der Waals surface area contributed by atoms with Gasteiger partial charge in [0.05, 0.1) is 25.0 Å². The van der Waals surface area contributed by atoms with Crippen molar-refractivity contribution < 1.29 is 9.47 Å². The lowest BCUT2D eigenvalue weighted by Crippen LogP contribution is -2.17. The molecular weight excluding hydrogens is 458 g/mol. The molecule has 0 aliphatic carbocycles. The molecule has 0 aliphatic heterocycles. The molecule has 0 spiro atoms. The third-order valence-electron chi connectivity index (χ3n) is 5.47. The zero-order valence-electron chi connectivity index (χ0n) is 21.0. The smallest absolute Gasteiger partial charge is 0.266 e. The molecule has 7 heteroatoms. The summed E-state index contributed by atoms with van der Waals surface area (Å²) in [5, 5.41) is 1.87. The maximum atomic E-state index is 13.5. The van der Waals surface area contributed by atoms with Crippen LogP contribution in [0, 0.1) is 5.41 Å². The number of hydrogen-bond donors (Lipinski definition) is 0. The number of hydrogen-bond acceptors (Lipinski definition) is 6. The summed E-state index contributed by atoms with van der Waals surface area (Å²) in [5.74, 6) is 1.34. The van der Waals surface area contributed by atoms with E-state index < -0.39 is 0 Å². The molecule has 35 heavy (non-hydrogen) atoms. The second-order valence-corrected chi connectivity index (χ2v) is 10.6. The monoisotopic (exact) mass is 489 g/mol. The number of thiazole rings is 1. The number of ether oxygens (including phenoxy) is 2. The number of fused-ring (bicyclic) bond motifs is 1. The molecule has 2 aromatic carbocycles. The van der Waals surface area contributed by atoms with Gasteiger partial charge in [0.2, 0.25) is 0 Å². The van der Waals surface area contributed by atoms with Crippen LogP contribution in [0.25, 0.3) is 28.2 Å². The van der Waals surface area contributed by atoms with Gasteiger partial charge >= 0.3 is 0 Å². The average Bonchev–Trinajstić information content (AvgIpc) is 3.30. The van der Waals surface area contributed by atoms with E-state index in [1.807, 2.05) is 79.0 Å². The summed E-state index contributed by atoms with van der Waals surface area (Å²) >= 11 is 1.43. The fourth-order valence-corrected chi connectivity index (χ4v) is 4.36. The summed E-state index contributed by atoms with van der Waals surface area (Å²) in [4.78, 5) is 21.0. The second-order valence-electron chi connectivity index (χ2n) is 9.74. The summed E-state index contributed by atoms with van der Waals surface area (Å²) in [7, 11) is 5.62. The molecular formula is C28H31N3O3S. The molecule has 0 bridgehead atoms. The summed E-state index contributed by atoms with van der Waals surface area (Å²) in [5.41, 5.74) is 3.81. The number of para-hydroxylation sites is 1. The fraction of sp³-hybridized carbons (Fsp3) is 0.286. The van der Waals surface area contributed by atoms with Crippen molar-refractivity contribution in [2.24, 2.45) is 5.41 Å². The molecule has 0 unspecified atom stereocenters. The molecule has 0 saturated heterocycles. The van der Waals surface area contributed by atoms with Gasteiger partial charge in [-0.05, 0) is 41.3 Å². The van der Waals surface area contributed by atoms with Crippen molar-refractivity contribution in [2.45, 2.75) is 20.8 Å². The Morgan fingerprint density at radius 1 is 1.09 bits per heavy atom. The molecule has 0 aliphatic rings. The van der Waals surface area contributed by atoms with Gasteiger partial charge in [0.15, 0.2) is 16.5 Å². The lowest BCUT2D eigenvalue weighted by Gasteiger charge is -2.21. The predicted molar refractivity (Wildman–Crippen MR) is 146 cm³/mol. The summed E-state index contributed by atoms with van der Waals surface area (Å²) in [6.07, 6.45) is 5.58. The molecule has 182 valence electrons. The lowest BCUT2D eigenvalue weighted by atomic mass is 9.98. The molecule has 0 radical (unpaired) electrons.